The number of nitrogens with one attached hydrogen (secondary N) is 1. The first-order valence-corrected chi connectivity index (χ1v) is 11.7. The molecule has 0 heterocycles. The van der Waals surface area contributed by atoms with E-state index in [0.29, 0.717) is 22.3 Å². The molecule has 33 heavy (non-hydrogen) atoms. The monoisotopic (exact) mass is 498 g/mol. The van der Waals surface area contributed by atoms with Gasteiger partial charge in [-0.15, -0.1) is 0 Å². The third-order valence-electron chi connectivity index (χ3n) is 4.48. The van der Waals surface area contributed by atoms with Crippen LogP contribution >= 0.6 is 11.6 Å². The maximum Gasteiger partial charge on any atom is 0.262 e. The van der Waals surface area contributed by atoms with Crippen molar-refractivity contribution in [3.8, 4) is 5.75 Å². The highest BCUT2D eigenvalue weighted by atomic mass is 35.5. The first-order chi connectivity index (χ1) is 15.6. The fraction of sp³-hybridized carbons (Fsp3) is 0.136. The molecule has 174 valence electrons. The zero-order chi connectivity index (χ0) is 24.2. The van der Waals surface area contributed by atoms with Crippen LogP contribution in [0.2, 0.25) is 5.02 Å². The lowest BCUT2D eigenvalue weighted by Crippen LogP contribution is -2.29. The second-order valence-electron chi connectivity index (χ2n) is 6.91. The van der Waals surface area contributed by atoms with Gasteiger partial charge >= 0.3 is 0 Å². The van der Waals surface area contributed by atoms with E-state index in [4.69, 9.17) is 16.3 Å². The van der Waals surface area contributed by atoms with E-state index in [0.717, 1.165) is 16.6 Å². The Kier molecular flexibility index (Phi) is 7.50. The summed E-state index contributed by atoms with van der Waals surface area (Å²) in [5, 5.41) is 2.51. The van der Waals surface area contributed by atoms with E-state index in [1.165, 1.54) is 24.3 Å². The third-order valence-corrected chi connectivity index (χ3v) is 5.99. The maximum atomic E-state index is 13.7. The summed E-state index contributed by atoms with van der Waals surface area (Å²) in [6.45, 7) is -0.534. The number of carbonyl (C=O) groups is 1. The minimum atomic E-state index is -3.64. The van der Waals surface area contributed by atoms with Gasteiger partial charge in [0, 0.05) is 5.02 Å². The lowest BCUT2D eigenvalue weighted by atomic mass is 10.2. The first-order valence-electron chi connectivity index (χ1n) is 9.43. The summed E-state index contributed by atoms with van der Waals surface area (Å²) in [4.78, 5) is 12.0. The molecule has 0 spiro atoms. The van der Waals surface area contributed by atoms with Crippen LogP contribution in [-0.2, 0) is 21.4 Å². The van der Waals surface area contributed by atoms with Gasteiger partial charge in [-0.2, -0.15) is 0 Å². The average molecular weight is 499 g/mol. The molecule has 1 N–H and O–H groups in total. The Balaban J connectivity index is 1.67. The highest BCUT2D eigenvalue weighted by Gasteiger charge is 2.19. The van der Waals surface area contributed by atoms with Crippen molar-refractivity contribution < 1.29 is 31.1 Å². The molecule has 6 nitrogen and oxygen atoms in total. The van der Waals surface area contributed by atoms with Crippen LogP contribution in [0.15, 0.2) is 60.7 Å². The number of halogens is 4. The number of ether oxygens (including phenoxy) is 1. The molecule has 0 aliphatic heterocycles. The summed E-state index contributed by atoms with van der Waals surface area (Å²) in [6.07, 6.45) is 1.07. The summed E-state index contributed by atoms with van der Waals surface area (Å²) in [7, 11) is -3.64. The number of nitrogens with zero attached hydrogens (tertiary/aromatic N) is 1. The van der Waals surface area contributed by atoms with Crippen LogP contribution in [0, 0.1) is 17.5 Å². The molecule has 0 unspecified atom stereocenters. The average Bonchev–Trinajstić information content (AvgIpc) is 2.77. The van der Waals surface area contributed by atoms with Crippen LogP contribution in [0.4, 0.5) is 24.5 Å². The summed E-state index contributed by atoms with van der Waals surface area (Å²) in [5.74, 6) is -5.17. The Bertz CT molecular complexity index is 1270. The molecule has 11 heteroatoms. The maximum absolute atomic E-state index is 13.7. The molecule has 0 saturated heterocycles. The van der Waals surface area contributed by atoms with Gasteiger partial charge in [-0.3, -0.25) is 9.10 Å². The molecule has 3 aromatic carbocycles. The summed E-state index contributed by atoms with van der Waals surface area (Å²) in [6, 6.07) is 14.3. The van der Waals surface area contributed by atoms with Crippen LogP contribution in [0.25, 0.3) is 0 Å². The molecule has 1 amide bonds. The molecule has 0 radical (unpaired) electrons. The van der Waals surface area contributed by atoms with Crippen molar-refractivity contribution in [1.29, 1.82) is 0 Å². The van der Waals surface area contributed by atoms with Gasteiger partial charge in [-0.1, -0.05) is 29.8 Å². The van der Waals surface area contributed by atoms with Gasteiger partial charge in [0.2, 0.25) is 10.0 Å². The molecule has 3 aromatic rings. The lowest BCUT2D eigenvalue weighted by Gasteiger charge is -2.23. The predicted molar refractivity (Wildman–Crippen MR) is 119 cm³/mol. The molecular formula is C22H18ClF3N2O4S. The van der Waals surface area contributed by atoms with E-state index in [1.807, 2.05) is 0 Å². The van der Waals surface area contributed by atoms with Crippen molar-refractivity contribution in [2.45, 2.75) is 6.54 Å². The minimum absolute atomic E-state index is 0.0148. The van der Waals surface area contributed by atoms with Crippen molar-refractivity contribution in [1.82, 2.24) is 0 Å². The Morgan fingerprint density at radius 1 is 1.00 bits per heavy atom. The zero-order valence-electron chi connectivity index (χ0n) is 17.2. The number of hydrogen-bond acceptors (Lipinski definition) is 4. The van der Waals surface area contributed by atoms with Crippen molar-refractivity contribution in [2.24, 2.45) is 0 Å². The number of rotatable bonds is 8. The number of sulfonamides is 1. The van der Waals surface area contributed by atoms with Crippen molar-refractivity contribution in [2.75, 3.05) is 22.5 Å². The van der Waals surface area contributed by atoms with E-state index >= 15 is 0 Å². The summed E-state index contributed by atoms with van der Waals surface area (Å²) >= 11 is 6.14. The molecule has 0 fully saturated rings. The van der Waals surface area contributed by atoms with Gasteiger partial charge in [0.1, 0.15) is 5.75 Å². The van der Waals surface area contributed by atoms with E-state index in [-0.39, 0.29) is 12.3 Å². The SMILES string of the molecule is CS(=O)(=O)N(Cc1ccccc1Cl)c1ccc(OCC(=O)Nc2ccc(F)c(F)c2F)cc1. The van der Waals surface area contributed by atoms with E-state index < -0.39 is 45.7 Å². The summed E-state index contributed by atoms with van der Waals surface area (Å²) < 4.78 is 71.0. The topological polar surface area (TPSA) is 75.7 Å². The van der Waals surface area contributed by atoms with Crippen LogP contribution in [-0.4, -0.2) is 27.2 Å². The molecule has 0 atom stereocenters. The molecule has 0 saturated carbocycles. The van der Waals surface area contributed by atoms with Crippen LogP contribution in [0.1, 0.15) is 5.56 Å². The van der Waals surface area contributed by atoms with Crippen molar-refractivity contribution in [3.63, 3.8) is 0 Å². The Morgan fingerprint density at radius 2 is 1.67 bits per heavy atom. The number of hydrogen-bond donors (Lipinski definition) is 1. The van der Waals surface area contributed by atoms with Gasteiger partial charge in [-0.05, 0) is 48.0 Å². The van der Waals surface area contributed by atoms with Crippen LogP contribution in [0.3, 0.4) is 0 Å². The number of benzene rings is 3. The van der Waals surface area contributed by atoms with E-state index in [9.17, 15) is 26.4 Å². The van der Waals surface area contributed by atoms with Gasteiger partial charge < -0.3 is 10.1 Å². The predicted octanol–water partition coefficient (Wildman–Crippen LogP) is 4.74. The number of anilines is 2. The smallest absolute Gasteiger partial charge is 0.262 e. The number of amides is 1. The van der Waals surface area contributed by atoms with E-state index in [2.05, 4.69) is 5.32 Å². The van der Waals surface area contributed by atoms with Crippen molar-refractivity contribution >= 4 is 38.9 Å². The quantitative estimate of drug-likeness (QED) is 0.455. The highest BCUT2D eigenvalue weighted by molar-refractivity contribution is 7.92. The molecular weight excluding hydrogens is 481 g/mol. The molecule has 3 rings (SSSR count). The summed E-state index contributed by atoms with van der Waals surface area (Å²) in [5.41, 5.74) is 0.436. The van der Waals surface area contributed by atoms with Gasteiger partial charge in [0.05, 0.1) is 24.2 Å². The fourth-order valence-electron chi connectivity index (χ4n) is 2.85. The largest absolute Gasteiger partial charge is 0.484 e. The molecule has 0 aliphatic carbocycles. The second kappa shape index (κ2) is 10.1. The van der Waals surface area contributed by atoms with Crippen LogP contribution in [0.5, 0.6) is 5.75 Å². The van der Waals surface area contributed by atoms with E-state index in [1.54, 1.807) is 24.3 Å². The lowest BCUT2D eigenvalue weighted by molar-refractivity contribution is -0.118. The zero-order valence-corrected chi connectivity index (χ0v) is 18.8. The molecule has 0 bridgehead atoms. The molecule has 0 aliphatic rings. The highest BCUT2D eigenvalue weighted by Crippen LogP contribution is 2.26. The Labute approximate surface area is 193 Å². The van der Waals surface area contributed by atoms with Crippen LogP contribution < -0.4 is 14.4 Å². The second-order valence-corrected chi connectivity index (χ2v) is 9.23. The first kappa shape index (κ1) is 24.4. The van der Waals surface area contributed by atoms with Crippen molar-refractivity contribution in [3.05, 3.63) is 88.7 Å². The van der Waals surface area contributed by atoms with Gasteiger partial charge in [-0.25, -0.2) is 21.6 Å². The Hall–Kier alpha value is -3.24. The fourth-order valence-corrected chi connectivity index (χ4v) is 3.92. The Morgan fingerprint density at radius 3 is 2.30 bits per heavy atom. The molecule has 0 aromatic heterocycles. The minimum Gasteiger partial charge on any atom is -0.484 e. The normalized spacial score (nSPS) is 11.2. The third kappa shape index (κ3) is 6.17. The number of carbonyl (C=O) groups excluding carboxylic acids is 1. The van der Waals surface area contributed by atoms with Gasteiger partial charge in [0.15, 0.2) is 24.1 Å². The standard InChI is InChI=1S/C22H18ClF3N2O4S/c1-33(30,31)28(12-14-4-2-3-5-17(14)23)15-6-8-16(9-7-15)32-13-20(29)27-19-11-10-18(24)21(25)22(19)26/h2-11H,12-13H2,1H3,(H,27,29). The van der Waals surface area contributed by atoms with Gasteiger partial charge in [0.25, 0.3) is 5.91 Å².